The van der Waals surface area contributed by atoms with Crippen molar-refractivity contribution >= 4 is 17.7 Å². The van der Waals surface area contributed by atoms with Crippen molar-refractivity contribution in [2.24, 2.45) is 5.92 Å². The summed E-state index contributed by atoms with van der Waals surface area (Å²) in [5.74, 6) is -0.863. The molecule has 1 fully saturated rings. The van der Waals surface area contributed by atoms with E-state index in [2.05, 4.69) is 17.8 Å². The van der Waals surface area contributed by atoms with E-state index in [0.29, 0.717) is 49.4 Å². The first-order chi connectivity index (χ1) is 16.5. The molecular formula is C26H32FN3O4. The van der Waals surface area contributed by atoms with E-state index >= 15 is 0 Å². The van der Waals surface area contributed by atoms with Crippen LogP contribution in [0, 0.1) is 11.7 Å². The third-order valence-corrected chi connectivity index (χ3v) is 5.93. The molecule has 1 saturated heterocycles. The van der Waals surface area contributed by atoms with Crippen molar-refractivity contribution in [1.29, 1.82) is 0 Å². The van der Waals surface area contributed by atoms with Crippen molar-refractivity contribution < 1.29 is 23.5 Å². The van der Waals surface area contributed by atoms with Crippen LogP contribution in [0.4, 0.5) is 4.39 Å². The number of amides is 3. The van der Waals surface area contributed by atoms with Gasteiger partial charge in [0.05, 0.1) is 6.61 Å². The fraction of sp³-hybridized carbons (Fsp3) is 0.423. The number of carbonyl (C=O) groups excluding carboxylic acids is 3. The van der Waals surface area contributed by atoms with Gasteiger partial charge in [-0.05, 0) is 67.8 Å². The smallest absolute Gasteiger partial charge is 0.269 e. The van der Waals surface area contributed by atoms with Crippen molar-refractivity contribution in [2.45, 2.75) is 45.4 Å². The van der Waals surface area contributed by atoms with Gasteiger partial charge in [-0.25, -0.2) is 4.39 Å². The maximum atomic E-state index is 13.1. The highest BCUT2D eigenvalue weighted by Gasteiger charge is 2.28. The van der Waals surface area contributed by atoms with Gasteiger partial charge in [-0.15, -0.1) is 0 Å². The highest BCUT2D eigenvalue weighted by molar-refractivity contribution is 5.96. The molecule has 0 spiro atoms. The van der Waals surface area contributed by atoms with Crippen molar-refractivity contribution in [3.8, 4) is 5.75 Å². The molecule has 0 aromatic heterocycles. The Morgan fingerprint density at radius 1 is 0.912 bits per heavy atom. The Hall–Kier alpha value is -3.42. The molecule has 2 aromatic carbocycles. The van der Waals surface area contributed by atoms with Crippen molar-refractivity contribution in [2.75, 3.05) is 19.7 Å². The molecule has 0 aliphatic carbocycles. The Labute approximate surface area is 199 Å². The average Bonchev–Trinajstić information content (AvgIpc) is 2.87. The number of halogens is 1. The number of hydrazine groups is 1. The normalized spacial score (nSPS) is 13.9. The van der Waals surface area contributed by atoms with E-state index in [1.54, 1.807) is 29.2 Å². The summed E-state index contributed by atoms with van der Waals surface area (Å²) < 4.78 is 18.7. The van der Waals surface area contributed by atoms with E-state index < -0.39 is 11.7 Å². The maximum absolute atomic E-state index is 13.1. The quantitative estimate of drug-likeness (QED) is 0.428. The van der Waals surface area contributed by atoms with Gasteiger partial charge in [-0.3, -0.25) is 25.2 Å². The summed E-state index contributed by atoms with van der Waals surface area (Å²) in [5.41, 5.74) is 5.77. The highest BCUT2D eigenvalue weighted by atomic mass is 19.1. The molecule has 0 radical (unpaired) electrons. The van der Waals surface area contributed by atoms with Crippen LogP contribution in [-0.4, -0.2) is 42.3 Å². The Balaban J connectivity index is 1.38. The molecule has 2 N–H and O–H groups in total. The molecule has 1 aliphatic heterocycles. The lowest BCUT2D eigenvalue weighted by Crippen LogP contribution is -2.48. The first kappa shape index (κ1) is 25.2. The molecule has 182 valence electrons. The SMILES string of the molecule is CCCCCCOc1ccc(C(=O)NNC(=O)C2CCN(C(=O)c3ccc(F)cc3)CC2)cc1. The second-order valence-corrected chi connectivity index (χ2v) is 8.45. The van der Waals surface area contributed by atoms with E-state index in [1.807, 2.05) is 0 Å². The molecule has 0 saturated carbocycles. The van der Waals surface area contributed by atoms with E-state index in [9.17, 15) is 18.8 Å². The summed E-state index contributed by atoms with van der Waals surface area (Å²) in [6.07, 6.45) is 5.48. The number of nitrogens with zero attached hydrogens (tertiary/aromatic N) is 1. The Bertz CT molecular complexity index is 955. The van der Waals surface area contributed by atoms with Gasteiger partial charge < -0.3 is 9.64 Å². The second kappa shape index (κ2) is 12.7. The van der Waals surface area contributed by atoms with E-state index in [1.165, 1.54) is 37.1 Å². The third kappa shape index (κ3) is 7.30. The fourth-order valence-electron chi connectivity index (χ4n) is 3.83. The summed E-state index contributed by atoms with van der Waals surface area (Å²) in [6, 6.07) is 12.2. The zero-order valence-corrected chi connectivity index (χ0v) is 19.5. The molecule has 0 atom stereocenters. The van der Waals surface area contributed by atoms with Crippen molar-refractivity contribution in [1.82, 2.24) is 15.8 Å². The standard InChI is InChI=1S/C26H32FN3O4/c1-2-3-4-5-18-34-23-12-8-19(9-13-23)24(31)28-29-25(32)20-14-16-30(17-15-20)26(33)21-6-10-22(27)11-7-21/h6-13,20H,2-5,14-18H2,1H3,(H,28,31)(H,29,32). The van der Waals surface area contributed by atoms with Crippen LogP contribution in [0.15, 0.2) is 48.5 Å². The van der Waals surface area contributed by atoms with Crippen LogP contribution in [0.1, 0.15) is 66.2 Å². The van der Waals surface area contributed by atoms with Crippen LogP contribution in [-0.2, 0) is 4.79 Å². The Morgan fingerprint density at radius 2 is 1.56 bits per heavy atom. The first-order valence-electron chi connectivity index (χ1n) is 11.9. The van der Waals surface area contributed by atoms with Gasteiger partial charge in [0.25, 0.3) is 11.8 Å². The third-order valence-electron chi connectivity index (χ3n) is 5.93. The van der Waals surface area contributed by atoms with E-state index in [0.717, 1.165) is 12.8 Å². The topological polar surface area (TPSA) is 87.7 Å². The molecule has 3 rings (SSSR count). The van der Waals surface area contributed by atoms with Gasteiger partial charge in [-0.2, -0.15) is 0 Å². The minimum atomic E-state index is -0.410. The monoisotopic (exact) mass is 469 g/mol. The number of carbonyl (C=O) groups is 3. The first-order valence-corrected chi connectivity index (χ1v) is 11.9. The molecule has 0 unspecified atom stereocenters. The summed E-state index contributed by atoms with van der Waals surface area (Å²) in [6.45, 7) is 3.65. The molecule has 7 nitrogen and oxygen atoms in total. The van der Waals surface area contributed by atoms with Gasteiger partial charge >= 0.3 is 0 Å². The molecule has 1 heterocycles. The average molecular weight is 470 g/mol. The number of benzene rings is 2. The van der Waals surface area contributed by atoms with Gasteiger partial charge in [0.15, 0.2) is 0 Å². The van der Waals surface area contributed by atoms with Crippen LogP contribution in [0.5, 0.6) is 5.75 Å². The van der Waals surface area contributed by atoms with Gasteiger partial charge in [0, 0.05) is 30.1 Å². The maximum Gasteiger partial charge on any atom is 0.269 e. The van der Waals surface area contributed by atoms with Crippen LogP contribution in [0.2, 0.25) is 0 Å². The lowest BCUT2D eigenvalue weighted by atomic mass is 9.95. The second-order valence-electron chi connectivity index (χ2n) is 8.45. The molecule has 8 heteroatoms. The predicted octanol–water partition coefficient (Wildman–Crippen LogP) is 4.10. The number of likely N-dealkylation sites (tertiary alicyclic amines) is 1. The molecule has 34 heavy (non-hydrogen) atoms. The number of piperidine rings is 1. The number of ether oxygens (including phenoxy) is 1. The van der Waals surface area contributed by atoms with Gasteiger partial charge in [0.2, 0.25) is 5.91 Å². The summed E-state index contributed by atoms with van der Waals surface area (Å²) in [4.78, 5) is 39.0. The summed E-state index contributed by atoms with van der Waals surface area (Å²) in [7, 11) is 0. The lowest BCUT2D eigenvalue weighted by molar-refractivity contribution is -0.127. The number of unbranched alkanes of at least 4 members (excludes halogenated alkanes) is 3. The summed E-state index contributed by atoms with van der Waals surface area (Å²) in [5, 5.41) is 0. The number of rotatable bonds is 9. The molecule has 1 aliphatic rings. The molecular weight excluding hydrogens is 437 g/mol. The summed E-state index contributed by atoms with van der Waals surface area (Å²) >= 11 is 0. The van der Waals surface area contributed by atoms with Crippen LogP contribution in [0.25, 0.3) is 0 Å². The van der Waals surface area contributed by atoms with Crippen molar-refractivity contribution in [3.05, 3.63) is 65.5 Å². The highest BCUT2D eigenvalue weighted by Crippen LogP contribution is 2.19. The molecule has 0 bridgehead atoms. The fourth-order valence-corrected chi connectivity index (χ4v) is 3.83. The van der Waals surface area contributed by atoms with Crippen LogP contribution in [0.3, 0.4) is 0 Å². The zero-order valence-electron chi connectivity index (χ0n) is 19.5. The minimum absolute atomic E-state index is 0.180. The zero-order chi connectivity index (χ0) is 24.3. The number of hydrogen-bond acceptors (Lipinski definition) is 4. The Morgan fingerprint density at radius 3 is 2.21 bits per heavy atom. The number of nitrogens with one attached hydrogen (secondary N) is 2. The largest absolute Gasteiger partial charge is 0.494 e. The van der Waals surface area contributed by atoms with Crippen molar-refractivity contribution in [3.63, 3.8) is 0 Å². The minimum Gasteiger partial charge on any atom is -0.494 e. The van der Waals surface area contributed by atoms with Crippen LogP contribution < -0.4 is 15.6 Å². The van der Waals surface area contributed by atoms with Gasteiger partial charge in [0.1, 0.15) is 11.6 Å². The lowest BCUT2D eigenvalue weighted by Gasteiger charge is -2.31. The van der Waals surface area contributed by atoms with E-state index in [-0.39, 0.29) is 17.7 Å². The van der Waals surface area contributed by atoms with Crippen LogP contribution >= 0.6 is 0 Å². The van der Waals surface area contributed by atoms with E-state index in [4.69, 9.17) is 4.74 Å². The number of hydrogen-bond donors (Lipinski definition) is 2. The molecule has 2 aromatic rings. The molecule has 3 amide bonds. The Kier molecular flexibility index (Phi) is 9.43. The van der Waals surface area contributed by atoms with Gasteiger partial charge in [-0.1, -0.05) is 26.2 Å². The predicted molar refractivity (Wildman–Crippen MR) is 127 cm³/mol.